The number of hydrogen-bond acceptors (Lipinski definition) is 4. The fourth-order valence-corrected chi connectivity index (χ4v) is 2.60. The van der Waals surface area contributed by atoms with Crippen molar-refractivity contribution >= 4 is 0 Å². The third-order valence-electron chi connectivity index (χ3n) is 3.31. The molecule has 0 aliphatic carbocycles. The molecule has 2 fully saturated rings. The van der Waals surface area contributed by atoms with Crippen molar-refractivity contribution in [3.63, 3.8) is 0 Å². The van der Waals surface area contributed by atoms with Crippen LogP contribution in [0.1, 0.15) is 19.8 Å². The van der Waals surface area contributed by atoms with E-state index in [1.54, 1.807) is 0 Å². The highest BCUT2D eigenvalue weighted by Gasteiger charge is 2.45. The number of hydrogen-bond donors (Lipinski definition) is 3. The molecule has 5 unspecified atom stereocenters. The molecule has 76 valence electrons. The van der Waals surface area contributed by atoms with Gasteiger partial charge in [-0.1, -0.05) is 0 Å². The van der Waals surface area contributed by atoms with Gasteiger partial charge in [0, 0.05) is 18.6 Å². The van der Waals surface area contributed by atoms with E-state index in [-0.39, 0.29) is 18.2 Å². The van der Waals surface area contributed by atoms with Gasteiger partial charge in [0.2, 0.25) is 0 Å². The van der Waals surface area contributed by atoms with Gasteiger partial charge in [-0.3, -0.25) is 4.90 Å². The molecule has 0 bridgehead atoms. The molecule has 2 saturated heterocycles. The normalized spacial score (nSPS) is 52.2. The average molecular weight is 187 g/mol. The zero-order chi connectivity index (χ0) is 9.59. The van der Waals surface area contributed by atoms with Gasteiger partial charge >= 0.3 is 0 Å². The fraction of sp³-hybridized carbons (Fsp3) is 1.00. The number of fused-ring (bicyclic) bond motifs is 1. The summed E-state index contributed by atoms with van der Waals surface area (Å²) < 4.78 is 0. The van der Waals surface area contributed by atoms with Crippen LogP contribution in [0.2, 0.25) is 0 Å². The van der Waals surface area contributed by atoms with Gasteiger partial charge in [-0.15, -0.1) is 0 Å². The van der Waals surface area contributed by atoms with Crippen molar-refractivity contribution in [2.24, 2.45) is 0 Å². The largest absolute Gasteiger partial charge is 0.393 e. The van der Waals surface area contributed by atoms with Crippen LogP contribution in [0.3, 0.4) is 0 Å². The Labute approximate surface area is 77.8 Å². The highest BCUT2D eigenvalue weighted by molar-refractivity contribution is 4.99. The summed E-state index contributed by atoms with van der Waals surface area (Å²) in [6.07, 6.45) is -0.315. The van der Waals surface area contributed by atoms with Crippen LogP contribution < -0.4 is 0 Å². The maximum absolute atomic E-state index is 9.63. The first-order chi connectivity index (χ1) is 6.09. The van der Waals surface area contributed by atoms with Gasteiger partial charge in [-0.2, -0.15) is 0 Å². The summed E-state index contributed by atoms with van der Waals surface area (Å²) in [5.41, 5.74) is 0. The summed E-state index contributed by atoms with van der Waals surface area (Å²) in [7, 11) is 0. The van der Waals surface area contributed by atoms with E-state index in [0.717, 1.165) is 6.42 Å². The lowest BCUT2D eigenvalue weighted by atomic mass is 9.93. The molecule has 13 heavy (non-hydrogen) atoms. The van der Waals surface area contributed by atoms with Crippen molar-refractivity contribution in [2.75, 3.05) is 6.54 Å². The topological polar surface area (TPSA) is 63.9 Å². The van der Waals surface area contributed by atoms with Gasteiger partial charge in [0.15, 0.2) is 0 Å². The van der Waals surface area contributed by atoms with Crippen LogP contribution in [-0.2, 0) is 0 Å². The molecule has 2 aliphatic heterocycles. The molecule has 2 rings (SSSR count). The molecule has 0 amide bonds. The lowest BCUT2D eigenvalue weighted by Gasteiger charge is -2.38. The Kier molecular flexibility index (Phi) is 2.32. The summed E-state index contributed by atoms with van der Waals surface area (Å²) in [6, 6.07) is 0.217. The highest BCUT2D eigenvalue weighted by Crippen LogP contribution is 2.31. The predicted octanol–water partition coefficient (Wildman–Crippen LogP) is -1.06. The van der Waals surface area contributed by atoms with Gasteiger partial charge < -0.3 is 15.3 Å². The maximum atomic E-state index is 9.63. The number of rotatable bonds is 0. The first-order valence-electron chi connectivity index (χ1n) is 4.89. The predicted molar refractivity (Wildman–Crippen MR) is 47.2 cm³/mol. The maximum Gasteiger partial charge on any atom is 0.0967 e. The average Bonchev–Trinajstić information content (AvgIpc) is 2.32. The standard InChI is InChI=1S/C9H17NO3/c1-5-2-6(11)3-7-9(13)8(12)4-10(5)7/h5-9,11-13H,2-4H2,1H3. The molecule has 2 heterocycles. The van der Waals surface area contributed by atoms with Crippen LogP contribution in [-0.4, -0.2) is 57.2 Å². The second-order valence-corrected chi connectivity index (χ2v) is 4.30. The number of nitrogens with zero attached hydrogens (tertiary/aromatic N) is 1. The van der Waals surface area contributed by atoms with Crippen molar-refractivity contribution < 1.29 is 15.3 Å². The lowest BCUT2D eigenvalue weighted by molar-refractivity contribution is -0.0129. The van der Waals surface area contributed by atoms with E-state index in [9.17, 15) is 15.3 Å². The monoisotopic (exact) mass is 187 g/mol. The Hall–Kier alpha value is -0.160. The zero-order valence-electron chi connectivity index (χ0n) is 7.80. The Morgan fingerprint density at radius 1 is 1.15 bits per heavy atom. The van der Waals surface area contributed by atoms with E-state index in [4.69, 9.17) is 0 Å². The van der Waals surface area contributed by atoms with E-state index in [1.807, 2.05) is 6.92 Å². The van der Waals surface area contributed by atoms with E-state index in [0.29, 0.717) is 13.0 Å². The van der Waals surface area contributed by atoms with Crippen molar-refractivity contribution in [3.8, 4) is 0 Å². The molecule has 0 aromatic rings. The van der Waals surface area contributed by atoms with Crippen molar-refractivity contribution in [2.45, 2.75) is 50.2 Å². The molecule has 0 aromatic carbocycles. The molecular formula is C9H17NO3. The Balaban J connectivity index is 2.12. The van der Waals surface area contributed by atoms with Gasteiger partial charge in [-0.05, 0) is 19.8 Å². The number of aliphatic hydroxyl groups is 3. The SMILES string of the molecule is CC1CC(O)CC2C(O)C(O)CN12. The summed E-state index contributed by atoms with van der Waals surface area (Å²) in [5.74, 6) is 0. The molecule has 0 aromatic heterocycles. The molecule has 0 saturated carbocycles. The highest BCUT2D eigenvalue weighted by atomic mass is 16.3. The first kappa shape index (κ1) is 9.40. The van der Waals surface area contributed by atoms with Gasteiger partial charge in [0.25, 0.3) is 0 Å². The van der Waals surface area contributed by atoms with E-state index in [2.05, 4.69) is 4.90 Å². The van der Waals surface area contributed by atoms with Crippen molar-refractivity contribution in [3.05, 3.63) is 0 Å². The molecule has 0 spiro atoms. The van der Waals surface area contributed by atoms with E-state index >= 15 is 0 Å². The Morgan fingerprint density at radius 3 is 2.54 bits per heavy atom. The minimum Gasteiger partial charge on any atom is -0.393 e. The molecule has 0 radical (unpaired) electrons. The van der Waals surface area contributed by atoms with Crippen molar-refractivity contribution in [1.29, 1.82) is 0 Å². The second-order valence-electron chi connectivity index (χ2n) is 4.30. The van der Waals surface area contributed by atoms with Crippen LogP contribution in [0.15, 0.2) is 0 Å². The fourth-order valence-electron chi connectivity index (χ4n) is 2.60. The quantitative estimate of drug-likeness (QED) is 0.452. The zero-order valence-corrected chi connectivity index (χ0v) is 7.80. The van der Waals surface area contributed by atoms with Gasteiger partial charge in [0.05, 0.1) is 18.3 Å². The number of aliphatic hydroxyl groups excluding tert-OH is 3. The molecule has 4 nitrogen and oxygen atoms in total. The van der Waals surface area contributed by atoms with Crippen LogP contribution in [0.5, 0.6) is 0 Å². The Bertz CT molecular complexity index is 199. The van der Waals surface area contributed by atoms with Crippen LogP contribution in [0.4, 0.5) is 0 Å². The van der Waals surface area contributed by atoms with Crippen LogP contribution in [0.25, 0.3) is 0 Å². The number of piperidine rings is 1. The summed E-state index contributed by atoms with van der Waals surface area (Å²) in [5, 5.41) is 28.6. The minimum absolute atomic E-state index is 0.0475. The lowest BCUT2D eigenvalue weighted by Crippen LogP contribution is -2.48. The third kappa shape index (κ3) is 1.48. The van der Waals surface area contributed by atoms with Crippen molar-refractivity contribution in [1.82, 2.24) is 4.90 Å². The van der Waals surface area contributed by atoms with E-state index < -0.39 is 12.2 Å². The summed E-state index contributed by atoms with van der Waals surface area (Å²) in [6.45, 7) is 2.57. The third-order valence-corrected chi connectivity index (χ3v) is 3.31. The molecule has 5 atom stereocenters. The summed E-state index contributed by atoms with van der Waals surface area (Å²) in [4.78, 5) is 2.10. The summed E-state index contributed by atoms with van der Waals surface area (Å²) >= 11 is 0. The van der Waals surface area contributed by atoms with Gasteiger partial charge in [-0.25, -0.2) is 0 Å². The second kappa shape index (κ2) is 3.20. The molecular weight excluding hydrogens is 170 g/mol. The molecule has 2 aliphatic rings. The van der Waals surface area contributed by atoms with Gasteiger partial charge in [0.1, 0.15) is 0 Å². The Morgan fingerprint density at radius 2 is 1.85 bits per heavy atom. The minimum atomic E-state index is -0.683. The molecule has 3 N–H and O–H groups in total. The first-order valence-corrected chi connectivity index (χ1v) is 4.89. The molecule has 4 heteroatoms. The van der Waals surface area contributed by atoms with E-state index in [1.165, 1.54) is 0 Å². The smallest absolute Gasteiger partial charge is 0.0967 e. The van der Waals surface area contributed by atoms with Crippen LogP contribution in [0, 0.1) is 0 Å². The van der Waals surface area contributed by atoms with Crippen LogP contribution >= 0.6 is 0 Å².